The summed E-state index contributed by atoms with van der Waals surface area (Å²) >= 11 is 0. The van der Waals surface area contributed by atoms with Crippen LogP contribution in [0.4, 0.5) is 0 Å². The minimum Gasteiger partial charge on any atom is -0.480 e. The molecule has 1 heterocycles. The van der Waals surface area contributed by atoms with Gasteiger partial charge in [0.2, 0.25) is 0 Å². The quantitative estimate of drug-likeness (QED) is 0.743. The summed E-state index contributed by atoms with van der Waals surface area (Å²) in [6, 6.07) is 3.63. The Hall–Kier alpha value is -1.62. The second-order valence-electron chi connectivity index (χ2n) is 3.53. The number of hydrogen-bond donors (Lipinski definition) is 1. The molecule has 0 aliphatic heterocycles. The smallest absolute Gasteiger partial charge is 0.344 e. The lowest BCUT2D eigenvalue weighted by Crippen LogP contribution is -2.16. The summed E-state index contributed by atoms with van der Waals surface area (Å²) in [5, 5.41) is 0. The second-order valence-corrected chi connectivity index (χ2v) is 3.53. The van der Waals surface area contributed by atoms with Gasteiger partial charge in [-0.3, -0.25) is 4.98 Å². The molecule has 0 unspecified atom stereocenters. The molecule has 94 valence electrons. The molecule has 0 saturated heterocycles. The summed E-state index contributed by atoms with van der Waals surface area (Å²) < 4.78 is 10.1. The maximum atomic E-state index is 11.2. The first-order chi connectivity index (χ1) is 8.17. The molecule has 2 N–H and O–H groups in total. The molecule has 0 spiro atoms. The predicted octanol–water partition coefficient (Wildman–Crippen LogP) is 0.833. The number of aryl methyl sites for hydroxylation is 1. The zero-order chi connectivity index (χ0) is 12.7. The molecule has 0 aliphatic carbocycles. The summed E-state index contributed by atoms with van der Waals surface area (Å²) in [5.74, 6) is 0.209. The van der Waals surface area contributed by atoms with Gasteiger partial charge in [-0.25, -0.2) is 4.79 Å². The van der Waals surface area contributed by atoms with E-state index in [0.717, 1.165) is 11.4 Å². The number of pyridine rings is 1. The maximum absolute atomic E-state index is 11.2. The first kappa shape index (κ1) is 13.4. The van der Waals surface area contributed by atoms with E-state index in [1.165, 1.54) is 0 Å². The standard InChI is InChI=1S/C12H18N2O3/c1-3-16-12(15)8-17-11-5-4-9(2)14-10(11)6-7-13/h4-5H,3,6-8,13H2,1-2H3. The lowest BCUT2D eigenvalue weighted by molar-refractivity contribution is -0.145. The molecule has 0 bridgehead atoms. The topological polar surface area (TPSA) is 74.4 Å². The van der Waals surface area contributed by atoms with E-state index in [1.807, 2.05) is 13.0 Å². The molecule has 5 nitrogen and oxygen atoms in total. The minimum atomic E-state index is -0.383. The molecule has 0 aliphatic rings. The average Bonchev–Trinajstić information content (AvgIpc) is 2.29. The van der Waals surface area contributed by atoms with Gasteiger partial charge in [-0.15, -0.1) is 0 Å². The molecular formula is C12H18N2O3. The Balaban J connectivity index is 2.66. The molecule has 1 rings (SSSR count). The number of ether oxygens (including phenoxy) is 2. The number of aromatic nitrogens is 1. The summed E-state index contributed by atoms with van der Waals surface area (Å²) in [4.78, 5) is 15.5. The number of hydrogen-bond acceptors (Lipinski definition) is 5. The highest BCUT2D eigenvalue weighted by Crippen LogP contribution is 2.17. The lowest BCUT2D eigenvalue weighted by Gasteiger charge is -2.10. The van der Waals surface area contributed by atoms with E-state index in [1.54, 1.807) is 13.0 Å². The first-order valence-corrected chi connectivity index (χ1v) is 5.62. The van der Waals surface area contributed by atoms with Crippen LogP contribution in [0.3, 0.4) is 0 Å². The molecule has 0 aromatic carbocycles. The fraction of sp³-hybridized carbons (Fsp3) is 0.500. The number of carbonyl (C=O) groups excluding carboxylic acids is 1. The number of rotatable bonds is 6. The van der Waals surface area contributed by atoms with Crippen molar-refractivity contribution < 1.29 is 14.3 Å². The van der Waals surface area contributed by atoms with Crippen LogP contribution in [0, 0.1) is 6.92 Å². The van der Waals surface area contributed by atoms with Crippen molar-refractivity contribution in [2.45, 2.75) is 20.3 Å². The zero-order valence-electron chi connectivity index (χ0n) is 10.2. The number of nitrogens with zero attached hydrogens (tertiary/aromatic N) is 1. The van der Waals surface area contributed by atoms with E-state index in [2.05, 4.69) is 4.98 Å². The number of carbonyl (C=O) groups is 1. The zero-order valence-corrected chi connectivity index (χ0v) is 10.2. The van der Waals surface area contributed by atoms with Crippen LogP contribution in [0.1, 0.15) is 18.3 Å². The van der Waals surface area contributed by atoms with Gasteiger partial charge in [0.1, 0.15) is 5.75 Å². The first-order valence-electron chi connectivity index (χ1n) is 5.62. The minimum absolute atomic E-state index is 0.101. The van der Waals surface area contributed by atoms with Gasteiger partial charge in [-0.1, -0.05) is 0 Å². The number of nitrogens with two attached hydrogens (primary N) is 1. The van der Waals surface area contributed by atoms with Gasteiger partial charge in [-0.05, 0) is 32.5 Å². The van der Waals surface area contributed by atoms with Gasteiger partial charge < -0.3 is 15.2 Å². The SMILES string of the molecule is CCOC(=O)COc1ccc(C)nc1CCN. The molecule has 0 atom stereocenters. The Kier molecular flexibility index (Phi) is 5.42. The van der Waals surface area contributed by atoms with Crippen LogP contribution in [-0.2, 0) is 16.0 Å². The van der Waals surface area contributed by atoms with Crippen LogP contribution in [0.25, 0.3) is 0 Å². The van der Waals surface area contributed by atoms with Crippen LogP contribution in [0.5, 0.6) is 5.75 Å². The van der Waals surface area contributed by atoms with Crippen molar-refractivity contribution in [1.29, 1.82) is 0 Å². The third-order valence-electron chi connectivity index (χ3n) is 2.10. The van der Waals surface area contributed by atoms with Gasteiger partial charge in [0.25, 0.3) is 0 Å². The molecule has 5 heteroatoms. The summed E-state index contributed by atoms with van der Waals surface area (Å²) in [5.41, 5.74) is 7.17. The van der Waals surface area contributed by atoms with E-state index in [-0.39, 0.29) is 12.6 Å². The van der Waals surface area contributed by atoms with Gasteiger partial charge in [0.05, 0.1) is 12.3 Å². The molecule has 0 fully saturated rings. The van der Waals surface area contributed by atoms with Gasteiger partial charge >= 0.3 is 5.97 Å². The van der Waals surface area contributed by atoms with Crippen LogP contribution in [0.15, 0.2) is 12.1 Å². The normalized spacial score (nSPS) is 10.1. The Morgan fingerprint density at radius 2 is 2.24 bits per heavy atom. The van der Waals surface area contributed by atoms with Crippen LogP contribution < -0.4 is 10.5 Å². The highest BCUT2D eigenvalue weighted by molar-refractivity contribution is 5.71. The van der Waals surface area contributed by atoms with Crippen molar-refractivity contribution in [2.75, 3.05) is 19.8 Å². The third-order valence-corrected chi connectivity index (χ3v) is 2.10. The van der Waals surface area contributed by atoms with E-state index in [0.29, 0.717) is 25.3 Å². The van der Waals surface area contributed by atoms with Gasteiger partial charge in [-0.2, -0.15) is 0 Å². The van der Waals surface area contributed by atoms with Crippen LogP contribution >= 0.6 is 0 Å². The van der Waals surface area contributed by atoms with Crippen molar-refractivity contribution in [3.63, 3.8) is 0 Å². The summed E-state index contributed by atoms with van der Waals surface area (Å²) in [6.45, 7) is 4.40. The van der Waals surface area contributed by atoms with Crippen molar-refractivity contribution in [3.8, 4) is 5.75 Å². The molecule has 0 saturated carbocycles. The van der Waals surface area contributed by atoms with E-state index < -0.39 is 0 Å². The molecule has 1 aromatic heterocycles. The highest BCUT2D eigenvalue weighted by Gasteiger charge is 2.08. The van der Waals surface area contributed by atoms with Crippen molar-refractivity contribution in [1.82, 2.24) is 4.98 Å². The lowest BCUT2D eigenvalue weighted by atomic mass is 10.2. The van der Waals surface area contributed by atoms with Crippen LogP contribution in [0.2, 0.25) is 0 Å². The van der Waals surface area contributed by atoms with Crippen molar-refractivity contribution in [3.05, 3.63) is 23.5 Å². The molecule has 1 aromatic rings. The summed E-state index contributed by atoms with van der Waals surface area (Å²) in [7, 11) is 0. The monoisotopic (exact) mass is 238 g/mol. The molecular weight excluding hydrogens is 220 g/mol. The maximum Gasteiger partial charge on any atom is 0.344 e. The molecule has 17 heavy (non-hydrogen) atoms. The van der Waals surface area contributed by atoms with E-state index >= 15 is 0 Å². The Morgan fingerprint density at radius 1 is 1.47 bits per heavy atom. The molecule has 0 amide bonds. The van der Waals surface area contributed by atoms with Crippen LogP contribution in [-0.4, -0.2) is 30.7 Å². The molecule has 0 radical (unpaired) electrons. The van der Waals surface area contributed by atoms with Gasteiger partial charge in [0.15, 0.2) is 6.61 Å². The van der Waals surface area contributed by atoms with Gasteiger partial charge in [0, 0.05) is 12.1 Å². The van der Waals surface area contributed by atoms with Crippen molar-refractivity contribution >= 4 is 5.97 Å². The largest absolute Gasteiger partial charge is 0.480 e. The predicted molar refractivity (Wildman–Crippen MR) is 63.9 cm³/mol. The highest BCUT2D eigenvalue weighted by atomic mass is 16.6. The van der Waals surface area contributed by atoms with E-state index in [4.69, 9.17) is 15.2 Å². The number of esters is 1. The Labute approximate surface area is 101 Å². The fourth-order valence-electron chi connectivity index (χ4n) is 1.38. The average molecular weight is 238 g/mol. The second kappa shape index (κ2) is 6.85. The Bertz CT molecular complexity index is 380. The Morgan fingerprint density at radius 3 is 2.88 bits per heavy atom. The van der Waals surface area contributed by atoms with Crippen molar-refractivity contribution in [2.24, 2.45) is 5.73 Å². The van der Waals surface area contributed by atoms with E-state index in [9.17, 15) is 4.79 Å². The summed E-state index contributed by atoms with van der Waals surface area (Å²) in [6.07, 6.45) is 0.625. The fourth-order valence-corrected chi connectivity index (χ4v) is 1.38. The third kappa shape index (κ3) is 4.40.